The van der Waals surface area contributed by atoms with Crippen LogP contribution in [0.4, 0.5) is 11.4 Å². The lowest BCUT2D eigenvalue weighted by Gasteiger charge is -2.26. The third-order valence-electron chi connectivity index (χ3n) is 4.21. The van der Waals surface area contributed by atoms with Crippen molar-refractivity contribution in [3.8, 4) is 11.1 Å². The minimum atomic E-state index is -0.0909. The molecule has 0 fully saturated rings. The second-order valence-electron chi connectivity index (χ2n) is 8.31. The van der Waals surface area contributed by atoms with Crippen molar-refractivity contribution >= 4 is 56.6 Å². The third-order valence-corrected chi connectivity index (χ3v) is 5.91. The van der Waals surface area contributed by atoms with E-state index in [1.807, 2.05) is 6.07 Å². The van der Waals surface area contributed by atoms with Gasteiger partial charge in [-0.05, 0) is 79.8 Å². The van der Waals surface area contributed by atoms with Gasteiger partial charge in [0, 0.05) is 35.2 Å². The Kier molecular flexibility index (Phi) is 5.50. The predicted octanol–water partition coefficient (Wildman–Crippen LogP) is 6.32. The lowest BCUT2D eigenvalue weighted by atomic mass is 9.82. The Morgan fingerprint density at radius 3 is 1.71 bits per heavy atom. The van der Waals surface area contributed by atoms with Crippen molar-refractivity contribution in [3.63, 3.8) is 0 Å². The van der Waals surface area contributed by atoms with Crippen molar-refractivity contribution in [1.82, 2.24) is 0 Å². The quantitative estimate of drug-likeness (QED) is 0.324. The summed E-state index contributed by atoms with van der Waals surface area (Å²) in [5.74, 6) is 0. The average molecular weight is 548 g/mol. The first-order valence-electron chi connectivity index (χ1n) is 8.02. The summed E-state index contributed by atoms with van der Waals surface area (Å²) in [6.07, 6.45) is 0. The number of benzene rings is 2. The van der Waals surface area contributed by atoms with E-state index in [0.717, 1.165) is 22.5 Å². The standard InChI is InChI=1S/C20H26I2N2/c1-19(2,3)11-9-13(21)16(14(22)10-11)12-7-8-15(23)17(18(12)24)20(4,5)6/h7-10H,23-24H2,1-6H3. The molecule has 4 heteroatoms. The Labute approximate surface area is 173 Å². The number of rotatable bonds is 1. The highest BCUT2D eigenvalue weighted by atomic mass is 127. The maximum absolute atomic E-state index is 6.58. The molecule has 0 heterocycles. The Morgan fingerprint density at radius 2 is 1.29 bits per heavy atom. The van der Waals surface area contributed by atoms with E-state index in [-0.39, 0.29) is 10.8 Å². The summed E-state index contributed by atoms with van der Waals surface area (Å²) >= 11 is 4.84. The first kappa shape index (κ1) is 19.8. The second-order valence-corrected chi connectivity index (χ2v) is 10.6. The highest BCUT2D eigenvalue weighted by Crippen LogP contribution is 2.42. The molecule has 0 radical (unpaired) electrons. The number of nitrogen functional groups attached to an aromatic ring is 2. The molecule has 0 unspecified atom stereocenters. The second kappa shape index (κ2) is 6.67. The van der Waals surface area contributed by atoms with Crippen molar-refractivity contribution in [2.24, 2.45) is 0 Å². The van der Waals surface area contributed by atoms with E-state index in [4.69, 9.17) is 11.5 Å². The zero-order chi connectivity index (χ0) is 18.4. The lowest BCUT2D eigenvalue weighted by Crippen LogP contribution is -2.17. The van der Waals surface area contributed by atoms with Crippen LogP contribution in [0.15, 0.2) is 24.3 Å². The van der Waals surface area contributed by atoms with Crippen LogP contribution in [-0.4, -0.2) is 0 Å². The molecular weight excluding hydrogens is 522 g/mol. The smallest absolute Gasteiger partial charge is 0.0453 e. The highest BCUT2D eigenvalue weighted by molar-refractivity contribution is 14.1. The molecule has 2 aromatic carbocycles. The molecule has 0 saturated heterocycles. The normalized spacial score (nSPS) is 12.5. The van der Waals surface area contributed by atoms with Crippen LogP contribution in [0.2, 0.25) is 0 Å². The molecule has 4 N–H and O–H groups in total. The molecule has 0 aliphatic heterocycles. The van der Waals surface area contributed by atoms with Gasteiger partial charge in [-0.3, -0.25) is 0 Å². The molecule has 24 heavy (non-hydrogen) atoms. The van der Waals surface area contributed by atoms with Crippen LogP contribution in [0, 0.1) is 7.14 Å². The molecule has 2 nitrogen and oxygen atoms in total. The molecule has 0 bridgehead atoms. The van der Waals surface area contributed by atoms with Crippen LogP contribution in [-0.2, 0) is 10.8 Å². The van der Waals surface area contributed by atoms with Crippen LogP contribution in [0.5, 0.6) is 0 Å². The summed E-state index contributed by atoms with van der Waals surface area (Å²) in [6.45, 7) is 13.2. The summed E-state index contributed by atoms with van der Waals surface area (Å²) < 4.78 is 2.45. The molecule has 0 saturated carbocycles. The Hall–Kier alpha value is -0.500. The number of hydrogen-bond acceptors (Lipinski definition) is 2. The molecular formula is C20H26I2N2. The van der Waals surface area contributed by atoms with Crippen LogP contribution >= 0.6 is 45.2 Å². The van der Waals surface area contributed by atoms with Gasteiger partial charge in [0.1, 0.15) is 0 Å². The van der Waals surface area contributed by atoms with Crippen molar-refractivity contribution in [2.45, 2.75) is 52.4 Å². The maximum Gasteiger partial charge on any atom is 0.0453 e. The molecule has 2 rings (SSSR count). The van der Waals surface area contributed by atoms with E-state index in [9.17, 15) is 0 Å². The Bertz CT molecular complexity index is 758. The fourth-order valence-corrected chi connectivity index (χ4v) is 5.30. The molecule has 0 aromatic heterocycles. The fraction of sp³-hybridized carbons (Fsp3) is 0.400. The van der Waals surface area contributed by atoms with Crippen molar-refractivity contribution < 1.29 is 0 Å². The zero-order valence-corrected chi connectivity index (χ0v) is 19.5. The SMILES string of the molecule is CC(C)(C)c1cc(I)c(-c2ccc(N)c(C(C)(C)C)c2N)c(I)c1. The largest absolute Gasteiger partial charge is 0.398 e. The van der Waals surface area contributed by atoms with E-state index >= 15 is 0 Å². The third kappa shape index (κ3) is 3.84. The molecule has 2 aromatic rings. The van der Waals surface area contributed by atoms with Crippen molar-refractivity contribution in [1.29, 1.82) is 0 Å². The van der Waals surface area contributed by atoms with Gasteiger partial charge < -0.3 is 11.5 Å². The average Bonchev–Trinajstić information content (AvgIpc) is 2.37. The van der Waals surface area contributed by atoms with E-state index in [1.165, 1.54) is 18.3 Å². The van der Waals surface area contributed by atoms with Gasteiger partial charge in [0.25, 0.3) is 0 Å². The first-order chi connectivity index (χ1) is 10.8. The van der Waals surface area contributed by atoms with Gasteiger partial charge >= 0.3 is 0 Å². The van der Waals surface area contributed by atoms with Crippen LogP contribution in [0.25, 0.3) is 11.1 Å². The summed E-state index contributed by atoms with van der Waals surface area (Å²) in [7, 11) is 0. The van der Waals surface area contributed by atoms with Crippen LogP contribution in [0.1, 0.15) is 52.7 Å². The van der Waals surface area contributed by atoms with E-state index in [0.29, 0.717) is 0 Å². The molecule has 0 spiro atoms. The van der Waals surface area contributed by atoms with Crippen molar-refractivity contribution in [2.75, 3.05) is 11.5 Å². The first-order valence-corrected chi connectivity index (χ1v) is 10.2. The zero-order valence-electron chi connectivity index (χ0n) is 15.2. The molecule has 130 valence electrons. The molecule has 0 aliphatic rings. The summed E-state index contributed by atoms with van der Waals surface area (Å²) in [5.41, 5.74) is 19.0. The fourth-order valence-electron chi connectivity index (χ4n) is 2.95. The van der Waals surface area contributed by atoms with Gasteiger partial charge in [-0.2, -0.15) is 0 Å². The lowest BCUT2D eigenvalue weighted by molar-refractivity contribution is 0.589. The highest BCUT2D eigenvalue weighted by Gasteiger charge is 2.24. The monoisotopic (exact) mass is 548 g/mol. The summed E-state index contributed by atoms with van der Waals surface area (Å²) in [4.78, 5) is 0. The minimum Gasteiger partial charge on any atom is -0.398 e. The number of nitrogens with two attached hydrogens (primary N) is 2. The van der Waals surface area contributed by atoms with Gasteiger partial charge in [0.05, 0.1) is 0 Å². The maximum atomic E-state index is 6.58. The summed E-state index contributed by atoms with van der Waals surface area (Å²) in [6, 6.07) is 8.57. The van der Waals surface area contributed by atoms with Gasteiger partial charge in [-0.1, -0.05) is 47.6 Å². The topological polar surface area (TPSA) is 52.0 Å². The minimum absolute atomic E-state index is 0.0909. The van der Waals surface area contributed by atoms with Crippen LogP contribution in [0.3, 0.4) is 0 Å². The Morgan fingerprint density at radius 1 is 0.792 bits per heavy atom. The Balaban J connectivity index is 2.75. The van der Waals surface area contributed by atoms with E-state index < -0.39 is 0 Å². The van der Waals surface area contributed by atoms with Crippen LogP contribution < -0.4 is 11.5 Å². The predicted molar refractivity (Wildman–Crippen MR) is 124 cm³/mol. The van der Waals surface area contributed by atoms with E-state index in [2.05, 4.69) is 105 Å². The van der Waals surface area contributed by atoms with Gasteiger partial charge in [-0.25, -0.2) is 0 Å². The van der Waals surface area contributed by atoms with Gasteiger partial charge in [-0.15, -0.1) is 0 Å². The molecule has 0 amide bonds. The number of halogens is 2. The van der Waals surface area contributed by atoms with Gasteiger partial charge in [0.2, 0.25) is 0 Å². The number of anilines is 2. The molecule has 0 aliphatic carbocycles. The summed E-state index contributed by atoms with van der Waals surface area (Å²) in [5, 5.41) is 0. The number of hydrogen-bond donors (Lipinski definition) is 2. The van der Waals surface area contributed by atoms with E-state index in [1.54, 1.807) is 0 Å². The van der Waals surface area contributed by atoms with Gasteiger partial charge in [0.15, 0.2) is 0 Å². The molecule has 0 atom stereocenters. The van der Waals surface area contributed by atoms with Crippen molar-refractivity contribution in [3.05, 3.63) is 42.5 Å².